The van der Waals surface area contributed by atoms with E-state index >= 15 is 0 Å². The van der Waals surface area contributed by atoms with Gasteiger partial charge in [-0.3, -0.25) is 4.99 Å². The van der Waals surface area contributed by atoms with E-state index in [0.29, 0.717) is 6.42 Å². The molecular weight excluding hydrogens is 100 g/mol. The van der Waals surface area contributed by atoms with Crippen molar-refractivity contribution in [1.82, 2.24) is 0 Å². The molecule has 0 unspecified atom stereocenters. The van der Waals surface area contributed by atoms with Crippen molar-refractivity contribution in [2.45, 2.75) is 19.8 Å². The molecule has 8 heavy (non-hydrogen) atoms. The van der Waals surface area contributed by atoms with Crippen LogP contribution in [0.1, 0.15) is 19.8 Å². The van der Waals surface area contributed by atoms with Gasteiger partial charge in [-0.25, -0.2) is 0 Å². The van der Waals surface area contributed by atoms with Crippen molar-refractivity contribution in [1.29, 1.82) is 5.26 Å². The second kappa shape index (κ2) is 6.16. The number of nitriles is 1. The molecule has 0 aliphatic heterocycles. The van der Waals surface area contributed by atoms with Crippen molar-refractivity contribution in [3.05, 3.63) is 0 Å². The van der Waals surface area contributed by atoms with Gasteiger partial charge < -0.3 is 0 Å². The lowest BCUT2D eigenvalue weighted by molar-refractivity contribution is 0.934. The summed E-state index contributed by atoms with van der Waals surface area (Å²) in [5, 5.41) is 8.02. The Kier molecular flexibility index (Phi) is 5.51. The van der Waals surface area contributed by atoms with Crippen molar-refractivity contribution in [2.24, 2.45) is 4.99 Å². The smallest absolute Gasteiger partial charge is 0.0700 e. The van der Waals surface area contributed by atoms with Gasteiger partial charge in [-0.15, -0.1) is 0 Å². The SMILES string of the molecule is CCC/N=C\CC#N. The van der Waals surface area contributed by atoms with Gasteiger partial charge in [0.25, 0.3) is 0 Å². The minimum absolute atomic E-state index is 0.444. The summed E-state index contributed by atoms with van der Waals surface area (Å²) in [4.78, 5) is 3.93. The monoisotopic (exact) mass is 110 g/mol. The van der Waals surface area contributed by atoms with Gasteiger partial charge in [-0.05, 0) is 6.42 Å². The fraction of sp³-hybridized carbons (Fsp3) is 0.667. The van der Waals surface area contributed by atoms with E-state index in [1.54, 1.807) is 6.21 Å². The van der Waals surface area contributed by atoms with Crippen LogP contribution in [0.3, 0.4) is 0 Å². The summed E-state index contributed by atoms with van der Waals surface area (Å²) >= 11 is 0. The molecule has 0 fully saturated rings. The van der Waals surface area contributed by atoms with Crippen LogP contribution in [-0.2, 0) is 0 Å². The minimum Gasteiger partial charge on any atom is -0.296 e. The molecule has 0 saturated carbocycles. The molecular formula is C6H10N2. The zero-order valence-corrected chi connectivity index (χ0v) is 5.09. The van der Waals surface area contributed by atoms with E-state index in [1.807, 2.05) is 6.07 Å². The van der Waals surface area contributed by atoms with Crippen molar-refractivity contribution >= 4 is 6.21 Å². The summed E-state index contributed by atoms with van der Waals surface area (Å²) < 4.78 is 0. The van der Waals surface area contributed by atoms with Gasteiger partial charge >= 0.3 is 0 Å². The lowest BCUT2D eigenvalue weighted by atomic mass is 10.5. The highest BCUT2D eigenvalue weighted by Gasteiger charge is 1.71. The predicted octanol–water partition coefficient (Wildman–Crippen LogP) is 1.38. The zero-order valence-electron chi connectivity index (χ0n) is 5.09. The summed E-state index contributed by atoms with van der Waals surface area (Å²) in [5.41, 5.74) is 0. The highest BCUT2D eigenvalue weighted by Crippen LogP contribution is 1.76. The summed E-state index contributed by atoms with van der Waals surface area (Å²) in [6.07, 6.45) is 3.16. The van der Waals surface area contributed by atoms with Crippen LogP contribution in [0.2, 0.25) is 0 Å². The van der Waals surface area contributed by atoms with Crippen molar-refractivity contribution in [3.8, 4) is 6.07 Å². The van der Waals surface area contributed by atoms with Crippen molar-refractivity contribution in [3.63, 3.8) is 0 Å². The molecule has 2 nitrogen and oxygen atoms in total. The molecule has 0 atom stereocenters. The standard InChI is InChI=1S/C6H10N2/c1-2-5-8-6-3-4-7/h6H,2-3,5H2,1H3/b8-6-. The molecule has 0 bridgehead atoms. The lowest BCUT2D eigenvalue weighted by Crippen LogP contribution is -1.76. The normalized spacial score (nSPS) is 9.50. The van der Waals surface area contributed by atoms with Crippen LogP contribution in [0.25, 0.3) is 0 Å². The van der Waals surface area contributed by atoms with Gasteiger partial charge in [0.05, 0.1) is 12.5 Å². The summed E-state index contributed by atoms with van der Waals surface area (Å²) in [6.45, 7) is 2.91. The molecule has 0 aromatic heterocycles. The van der Waals surface area contributed by atoms with Gasteiger partial charge in [-0.1, -0.05) is 6.92 Å². The highest BCUT2D eigenvalue weighted by molar-refractivity contribution is 5.59. The Morgan fingerprint density at radius 1 is 1.75 bits per heavy atom. The lowest BCUT2D eigenvalue weighted by Gasteiger charge is -1.80. The Bertz CT molecular complexity index is 99.6. The first-order valence-electron chi connectivity index (χ1n) is 2.77. The van der Waals surface area contributed by atoms with Crippen LogP contribution in [0.15, 0.2) is 4.99 Å². The first kappa shape index (κ1) is 7.16. The first-order chi connectivity index (χ1) is 3.91. The third-order valence-electron chi connectivity index (χ3n) is 0.664. The molecule has 0 aromatic carbocycles. The van der Waals surface area contributed by atoms with E-state index in [0.717, 1.165) is 13.0 Å². The van der Waals surface area contributed by atoms with Crippen LogP contribution >= 0.6 is 0 Å². The van der Waals surface area contributed by atoms with Gasteiger partial charge in [0.15, 0.2) is 0 Å². The molecule has 0 aliphatic carbocycles. The molecule has 0 saturated heterocycles. The largest absolute Gasteiger partial charge is 0.296 e. The number of aliphatic imine (C=N–C) groups is 1. The quantitative estimate of drug-likeness (QED) is 0.505. The molecule has 0 N–H and O–H groups in total. The molecule has 2 heteroatoms. The van der Waals surface area contributed by atoms with E-state index < -0.39 is 0 Å². The summed E-state index contributed by atoms with van der Waals surface area (Å²) in [5.74, 6) is 0. The van der Waals surface area contributed by atoms with E-state index in [9.17, 15) is 0 Å². The van der Waals surface area contributed by atoms with Crippen LogP contribution in [0.5, 0.6) is 0 Å². The Balaban J connectivity index is 2.98. The van der Waals surface area contributed by atoms with Crippen LogP contribution in [0, 0.1) is 11.3 Å². The molecule has 44 valence electrons. The summed E-state index contributed by atoms with van der Waals surface area (Å²) in [7, 11) is 0. The van der Waals surface area contributed by atoms with Gasteiger partial charge in [0, 0.05) is 12.8 Å². The Labute approximate surface area is 49.9 Å². The average molecular weight is 110 g/mol. The number of hydrogen-bond donors (Lipinski definition) is 0. The van der Waals surface area contributed by atoms with Crippen molar-refractivity contribution < 1.29 is 0 Å². The Hall–Kier alpha value is -0.840. The second-order valence-electron chi connectivity index (χ2n) is 1.45. The van der Waals surface area contributed by atoms with Gasteiger partial charge in [0.1, 0.15) is 0 Å². The fourth-order valence-electron chi connectivity index (χ4n) is 0.326. The number of rotatable bonds is 3. The molecule has 0 aliphatic rings. The van der Waals surface area contributed by atoms with Gasteiger partial charge in [0.2, 0.25) is 0 Å². The predicted molar refractivity (Wildman–Crippen MR) is 33.9 cm³/mol. The van der Waals surface area contributed by atoms with Crippen LogP contribution in [-0.4, -0.2) is 12.8 Å². The maximum Gasteiger partial charge on any atom is 0.0700 e. The molecule has 0 heterocycles. The zero-order chi connectivity index (χ0) is 6.24. The maximum atomic E-state index is 8.02. The maximum absolute atomic E-state index is 8.02. The van der Waals surface area contributed by atoms with E-state index in [4.69, 9.17) is 5.26 Å². The van der Waals surface area contributed by atoms with E-state index in [1.165, 1.54) is 0 Å². The average Bonchev–Trinajstić information content (AvgIpc) is 1.81. The topological polar surface area (TPSA) is 36.1 Å². The van der Waals surface area contributed by atoms with Gasteiger partial charge in [-0.2, -0.15) is 5.26 Å². The minimum atomic E-state index is 0.444. The Morgan fingerprint density at radius 3 is 3.00 bits per heavy atom. The van der Waals surface area contributed by atoms with E-state index in [2.05, 4.69) is 11.9 Å². The first-order valence-corrected chi connectivity index (χ1v) is 2.77. The molecule has 0 spiro atoms. The molecule has 0 amide bonds. The van der Waals surface area contributed by atoms with Crippen LogP contribution < -0.4 is 0 Å². The number of hydrogen-bond acceptors (Lipinski definition) is 2. The summed E-state index contributed by atoms with van der Waals surface area (Å²) in [6, 6.07) is 1.98. The van der Waals surface area contributed by atoms with E-state index in [-0.39, 0.29) is 0 Å². The third kappa shape index (κ3) is 5.16. The fourth-order valence-corrected chi connectivity index (χ4v) is 0.326. The van der Waals surface area contributed by atoms with Crippen LogP contribution in [0.4, 0.5) is 0 Å². The molecule has 0 aromatic rings. The highest BCUT2D eigenvalue weighted by atomic mass is 14.7. The van der Waals surface area contributed by atoms with Crippen molar-refractivity contribution in [2.75, 3.05) is 6.54 Å². The third-order valence-corrected chi connectivity index (χ3v) is 0.664. The number of nitrogens with zero attached hydrogens (tertiary/aromatic N) is 2. The molecule has 0 radical (unpaired) electrons. The Morgan fingerprint density at radius 2 is 2.50 bits per heavy atom. The second-order valence-corrected chi connectivity index (χ2v) is 1.45. The molecule has 0 rings (SSSR count).